The Morgan fingerprint density at radius 3 is 2.64 bits per heavy atom. The predicted molar refractivity (Wildman–Crippen MR) is 111 cm³/mol. The van der Waals surface area contributed by atoms with Crippen LogP contribution in [0, 0.1) is 0 Å². The van der Waals surface area contributed by atoms with E-state index in [1.54, 1.807) is 14.2 Å². The van der Waals surface area contributed by atoms with Crippen molar-refractivity contribution in [3.05, 3.63) is 29.8 Å². The fraction of sp³-hybridized carbons (Fsp3) is 0.611. The van der Waals surface area contributed by atoms with Gasteiger partial charge in [-0.15, -0.1) is 24.0 Å². The van der Waals surface area contributed by atoms with Gasteiger partial charge >= 0.3 is 0 Å². The van der Waals surface area contributed by atoms with Crippen molar-refractivity contribution >= 4 is 29.9 Å². The quantitative estimate of drug-likeness (QED) is 0.370. The number of ether oxygens (including phenoxy) is 3. The molecule has 0 atom stereocenters. The Morgan fingerprint density at radius 1 is 1.24 bits per heavy atom. The van der Waals surface area contributed by atoms with Gasteiger partial charge in [0, 0.05) is 46.3 Å². The van der Waals surface area contributed by atoms with Gasteiger partial charge in [-0.25, -0.2) is 4.99 Å². The molecule has 7 heteroatoms. The molecule has 0 amide bonds. The van der Waals surface area contributed by atoms with Gasteiger partial charge in [0.2, 0.25) is 0 Å². The van der Waals surface area contributed by atoms with Gasteiger partial charge in [-0.05, 0) is 24.6 Å². The Balaban J connectivity index is 0.00000312. The van der Waals surface area contributed by atoms with Crippen molar-refractivity contribution < 1.29 is 14.2 Å². The summed E-state index contributed by atoms with van der Waals surface area (Å²) in [6.45, 7) is 5.67. The van der Waals surface area contributed by atoms with Crippen LogP contribution >= 0.6 is 24.0 Å². The lowest BCUT2D eigenvalue weighted by Gasteiger charge is -2.36. The maximum absolute atomic E-state index is 5.76. The molecule has 0 aromatic heterocycles. The molecule has 2 N–H and O–H groups in total. The summed E-state index contributed by atoms with van der Waals surface area (Å²) in [6.07, 6.45) is 1.79. The van der Waals surface area contributed by atoms with Crippen molar-refractivity contribution in [2.75, 3.05) is 40.5 Å². The van der Waals surface area contributed by atoms with Gasteiger partial charge in [0.05, 0.1) is 19.3 Å². The first-order valence-corrected chi connectivity index (χ1v) is 8.49. The van der Waals surface area contributed by atoms with E-state index in [1.165, 1.54) is 0 Å². The summed E-state index contributed by atoms with van der Waals surface area (Å²) in [5.74, 6) is 1.64. The zero-order chi connectivity index (χ0) is 17.3. The first-order chi connectivity index (χ1) is 11.7. The van der Waals surface area contributed by atoms with Crippen molar-refractivity contribution in [2.24, 2.45) is 4.99 Å². The zero-order valence-electron chi connectivity index (χ0n) is 15.3. The van der Waals surface area contributed by atoms with E-state index in [1.807, 2.05) is 24.3 Å². The number of halogens is 1. The molecule has 142 valence electrons. The lowest BCUT2D eigenvalue weighted by Crippen LogP contribution is -2.50. The second kappa shape index (κ2) is 11.5. The van der Waals surface area contributed by atoms with E-state index in [0.29, 0.717) is 6.54 Å². The first-order valence-electron chi connectivity index (χ1n) is 8.49. The van der Waals surface area contributed by atoms with Crippen LogP contribution in [0.1, 0.15) is 25.3 Å². The van der Waals surface area contributed by atoms with Crippen LogP contribution in [0.2, 0.25) is 0 Å². The van der Waals surface area contributed by atoms with Crippen molar-refractivity contribution in [2.45, 2.75) is 31.9 Å². The molecule has 1 aromatic carbocycles. The van der Waals surface area contributed by atoms with Gasteiger partial charge in [0.25, 0.3) is 0 Å². The van der Waals surface area contributed by atoms with Gasteiger partial charge in [-0.1, -0.05) is 12.1 Å². The summed E-state index contributed by atoms with van der Waals surface area (Å²) in [5.41, 5.74) is 0.934. The number of methoxy groups -OCH3 is 2. The zero-order valence-corrected chi connectivity index (χ0v) is 17.7. The van der Waals surface area contributed by atoms with Gasteiger partial charge in [0.1, 0.15) is 5.75 Å². The van der Waals surface area contributed by atoms with E-state index in [2.05, 4.69) is 22.5 Å². The normalized spacial score (nSPS) is 16.7. The standard InChI is InChI=1S/C18H29N3O3.HI/c1-4-19-17(20-13-15-6-5-7-16(12-15)22-2)21-14-18(23-3)8-10-24-11-9-18;/h5-7,12H,4,8-11,13-14H2,1-3H3,(H2,19,20,21);1H. The number of aliphatic imine (C=N–C) groups is 1. The summed E-state index contributed by atoms with van der Waals surface area (Å²) in [7, 11) is 3.44. The molecular weight excluding hydrogens is 433 g/mol. The number of nitrogens with one attached hydrogen (secondary N) is 2. The average Bonchev–Trinajstić information content (AvgIpc) is 2.65. The summed E-state index contributed by atoms with van der Waals surface area (Å²) in [6, 6.07) is 7.96. The Morgan fingerprint density at radius 2 is 2.00 bits per heavy atom. The summed E-state index contributed by atoms with van der Waals surface area (Å²) < 4.78 is 16.5. The summed E-state index contributed by atoms with van der Waals surface area (Å²) in [5, 5.41) is 6.69. The van der Waals surface area contributed by atoms with E-state index in [9.17, 15) is 0 Å². The molecule has 1 aliphatic rings. The van der Waals surface area contributed by atoms with Crippen molar-refractivity contribution in [3.8, 4) is 5.75 Å². The average molecular weight is 463 g/mol. The number of nitrogens with zero attached hydrogens (tertiary/aromatic N) is 1. The third-order valence-corrected chi connectivity index (χ3v) is 4.31. The van der Waals surface area contributed by atoms with Gasteiger partial charge < -0.3 is 24.8 Å². The Labute approximate surface area is 167 Å². The smallest absolute Gasteiger partial charge is 0.191 e. The third-order valence-electron chi connectivity index (χ3n) is 4.31. The van der Waals surface area contributed by atoms with Crippen molar-refractivity contribution in [3.63, 3.8) is 0 Å². The maximum Gasteiger partial charge on any atom is 0.191 e. The minimum absolute atomic E-state index is 0. The van der Waals surface area contributed by atoms with Crippen LogP contribution < -0.4 is 15.4 Å². The fourth-order valence-corrected chi connectivity index (χ4v) is 2.72. The van der Waals surface area contributed by atoms with Crippen LogP contribution in [-0.2, 0) is 16.0 Å². The number of benzene rings is 1. The monoisotopic (exact) mass is 463 g/mol. The van der Waals surface area contributed by atoms with Crippen molar-refractivity contribution in [1.29, 1.82) is 0 Å². The number of guanidine groups is 1. The summed E-state index contributed by atoms with van der Waals surface area (Å²) >= 11 is 0. The van der Waals surface area contributed by atoms with E-state index >= 15 is 0 Å². The molecule has 1 heterocycles. The number of hydrogen-bond acceptors (Lipinski definition) is 4. The molecule has 25 heavy (non-hydrogen) atoms. The van der Waals surface area contributed by atoms with Crippen molar-refractivity contribution in [1.82, 2.24) is 10.6 Å². The highest BCUT2D eigenvalue weighted by molar-refractivity contribution is 14.0. The van der Waals surface area contributed by atoms with Crippen LogP contribution in [0.5, 0.6) is 5.75 Å². The molecule has 1 aliphatic heterocycles. The third kappa shape index (κ3) is 6.99. The van der Waals surface area contributed by atoms with Gasteiger partial charge in [-0.2, -0.15) is 0 Å². The van der Waals surface area contributed by atoms with E-state index in [-0.39, 0.29) is 29.6 Å². The Bertz CT molecular complexity index is 534. The predicted octanol–water partition coefficient (Wildman–Crippen LogP) is 2.56. The molecular formula is C18H30IN3O3. The first kappa shape index (κ1) is 22.0. The lowest BCUT2D eigenvalue weighted by atomic mass is 9.94. The molecule has 0 radical (unpaired) electrons. The molecule has 6 nitrogen and oxygen atoms in total. The second-order valence-corrected chi connectivity index (χ2v) is 5.90. The highest BCUT2D eigenvalue weighted by Crippen LogP contribution is 2.23. The molecule has 0 bridgehead atoms. The second-order valence-electron chi connectivity index (χ2n) is 5.90. The minimum Gasteiger partial charge on any atom is -0.497 e. The minimum atomic E-state index is -0.176. The van der Waals surface area contributed by atoms with Crippen LogP contribution in [-0.4, -0.2) is 52.1 Å². The molecule has 1 aromatic rings. The molecule has 0 spiro atoms. The van der Waals surface area contributed by atoms with Crippen LogP contribution in [0.3, 0.4) is 0 Å². The maximum atomic E-state index is 5.76. The molecule has 2 rings (SSSR count). The highest BCUT2D eigenvalue weighted by atomic mass is 127. The molecule has 0 aliphatic carbocycles. The molecule has 1 saturated heterocycles. The molecule has 0 unspecified atom stereocenters. The number of rotatable bonds is 7. The van der Waals surface area contributed by atoms with Gasteiger partial charge in [-0.3, -0.25) is 0 Å². The highest BCUT2D eigenvalue weighted by Gasteiger charge is 2.32. The molecule has 0 saturated carbocycles. The van der Waals surface area contributed by atoms with Crippen LogP contribution in [0.4, 0.5) is 0 Å². The lowest BCUT2D eigenvalue weighted by molar-refractivity contribution is -0.0855. The Kier molecular flexibility index (Phi) is 10.1. The van der Waals surface area contributed by atoms with E-state index in [0.717, 1.165) is 56.4 Å². The SMILES string of the molecule is CCNC(=NCc1cccc(OC)c1)NCC1(OC)CCOCC1.I. The van der Waals surface area contributed by atoms with E-state index < -0.39 is 0 Å². The van der Waals surface area contributed by atoms with Crippen LogP contribution in [0.15, 0.2) is 29.3 Å². The summed E-state index contributed by atoms with van der Waals surface area (Å²) in [4.78, 5) is 4.66. The topological polar surface area (TPSA) is 64.1 Å². The van der Waals surface area contributed by atoms with Gasteiger partial charge in [0.15, 0.2) is 5.96 Å². The number of hydrogen-bond donors (Lipinski definition) is 2. The Hall–Kier alpha value is -1.06. The largest absolute Gasteiger partial charge is 0.497 e. The van der Waals surface area contributed by atoms with Crippen LogP contribution in [0.25, 0.3) is 0 Å². The molecule has 1 fully saturated rings. The fourth-order valence-electron chi connectivity index (χ4n) is 2.72. The van der Waals surface area contributed by atoms with E-state index in [4.69, 9.17) is 14.2 Å².